The van der Waals surface area contributed by atoms with Gasteiger partial charge in [-0.05, 0) is 32.0 Å². The lowest BCUT2D eigenvalue weighted by atomic mass is 10.2. The van der Waals surface area contributed by atoms with Crippen LogP contribution in [0.15, 0.2) is 18.2 Å². The fourth-order valence-corrected chi connectivity index (χ4v) is 1.96. The second-order valence-corrected chi connectivity index (χ2v) is 4.74. The molecule has 0 aliphatic rings. The number of carbonyl (C=O) groups is 2. The molecule has 1 N–H and O–H groups in total. The van der Waals surface area contributed by atoms with Gasteiger partial charge in [-0.2, -0.15) is 0 Å². The Kier molecular flexibility index (Phi) is 6.12. The molecular weight excluding hydrogens is 287 g/mol. The Balaban J connectivity index is 2.89. The molecule has 0 unspecified atom stereocenters. The Hall–Kier alpha value is -1.26. The van der Waals surface area contributed by atoms with Crippen LogP contribution in [0.25, 0.3) is 0 Å². The third kappa shape index (κ3) is 4.40. The summed E-state index contributed by atoms with van der Waals surface area (Å²) < 4.78 is 0. The normalized spacial score (nSPS) is 10.1. The number of halogens is 2. The minimum atomic E-state index is -0.304. The van der Waals surface area contributed by atoms with Crippen molar-refractivity contribution in [2.24, 2.45) is 0 Å². The third-order valence-corrected chi connectivity index (χ3v) is 3.10. The molecule has 0 aliphatic carbocycles. The lowest BCUT2D eigenvalue weighted by Crippen LogP contribution is -2.40. The summed E-state index contributed by atoms with van der Waals surface area (Å²) in [6.07, 6.45) is 0. The summed E-state index contributed by atoms with van der Waals surface area (Å²) in [5.74, 6) is -0.503. The highest BCUT2D eigenvalue weighted by Gasteiger charge is 2.19. The van der Waals surface area contributed by atoms with Gasteiger partial charge in [0.05, 0.1) is 17.1 Å². The Labute approximate surface area is 122 Å². The van der Waals surface area contributed by atoms with E-state index in [1.807, 2.05) is 6.92 Å². The monoisotopic (exact) mass is 302 g/mol. The average molecular weight is 303 g/mol. The Morgan fingerprint density at radius 1 is 1.26 bits per heavy atom. The maximum Gasteiger partial charge on any atom is 0.255 e. The highest BCUT2D eigenvalue weighted by molar-refractivity contribution is 6.35. The van der Waals surface area contributed by atoms with Crippen LogP contribution in [0.3, 0.4) is 0 Å². The molecule has 0 saturated carbocycles. The topological polar surface area (TPSA) is 49.4 Å². The molecule has 0 aliphatic heterocycles. The predicted octanol–water partition coefficient (Wildman–Crippen LogP) is 2.59. The predicted molar refractivity (Wildman–Crippen MR) is 76.7 cm³/mol. The van der Waals surface area contributed by atoms with Crippen molar-refractivity contribution in [2.45, 2.75) is 13.8 Å². The molecule has 0 saturated heterocycles. The van der Waals surface area contributed by atoms with E-state index in [0.29, 0.717) is 28.7 Å². The Bertz CT molecular complexity index is 478. The number of amides is 2. The van der Waals surface area contributed by atoms with Crippen LogP contribution in [-0.2, 0) is 4.79 Å². The second-order valence-electron chi connectivity index (χ2n) is 3.90. The van der Waals surface area contributed by atoms with Crippen molar-refractivity contribution in [3.8, 4) is 0 Å². The van der Waals surface area contributed by atoms with Gasteiger partial charge in [0.25, 0.3) is 5.91 Å². The van der Waals surface area contributed by atoms with E-state index in [9.17, 15) is 9.59 Å². The summed E-state index contributed by atoms with van der Waals surface area (Å²) in [7, 11) is 0. The summed E-state index contributed by atoms with van der Waals surface area (Å²) in [5, 5.41) is 3.41. The van der Waals surface area contributed by atoms with Crippen LogP contribution in [0.2, 0.25) is 10.0 Å². The molecule has 1 aromatic rings. The van der Waals surface area contributed by atoms with Gasteiger partial charge >= 0.3 is 0 Å². The first-order valence-corrected chi connectivity index (χ1v) is 6.76. The standard InChI is InChI=1S/C13H16Cl2N2O2/c1-3-16-12(18)8-17(4-2)13(19)10-7-9(14)5-6-11(10)15/h5-7H,3-4,8H2,1-2H3,(H,16,18). The number of benzene rings is 1. The highest BCUT2D eigenvalue weighted by Crippen LogP contribution is 2.22. The van der Waals surface area contributed by atoms with Gasteiger partial charge < -0.3 is 10.2 Å². The zero-order valence-electron chi connectivity index (χ0n) is 10.9. The maximum atomic E-state index is 12.3. The van der Waals surface area contributed by atoms with E-state index in [-0.39, 0.29) is 18.4 Å². The molecule has 0 atom stereocenters. The molecule has 0 fully saturated rings. The summed E-state index contributed by atoms with van der Waals surface area (Å²) in [4.78, 5) is 25.2. The Morgan fingerprint density at radius 3 is 2.53 bits per heavy atom. The third-order valence-electron chi connectivity index (χ3n) is 2.54. The van der Waals surface area contributed by atoms with Crippen LogP contribution in [0.5, 0.6) is 0 Å². The number of carbonyl (C=O) groups excluding carboxylic acids is 2. The molecule has 1 aromatic carbocycles. The molecule has 104 valence electrons. The van der Waals surface area contributed by atoms with Gasteiger partial charge in [-0.15, -0.1) is 0 Å². The first-order valence-electron chi connectivity index (χ1n) is 6.00. The van der Waals surface area contributed by atoms with Gasteiger partial charge in [-0.25, -0.2) is 0 Å². The molecule has 4 nitrogen and oxygen atoms in total. The van der Waals surface area contributed by atoms with E-state index in [1.54, 1.807) is 19.1 Å². The lowest BCUT2D eigenvalue weighted by molar-refractivity contribution is -0.121. The smallest absolute Gasteiger partial charge is 0.255 e. The van der Waals surface area contributed by atoms with Gasteiger partial charge in [0.2, 0.25) is 5.91 Å². The molecule has 0 bridgehead atoms. The molecule has 6 heteroatoms. The molecule has 0 heterocycles. The summed E-state index contributed by atoms with van der Waals surface area (Å²) in [5.41, 5.74) is 0.306. The van der Waals surface area contributed by atoms with Crippen molar-refractivity contribution in [3.63, 3.8) is 0 Å². The van der Waals surface area contributed by atoms with Gasteiger partial charge in [0, 0.05) is 18.1 Å². The summed E-state index contributed by atoms with van der Waals surface area (Å²) in [6.45, 7) is 4.58. The van der Waals surface area contributed by atoms with Crippen molar-refractivity contribution in [1.29, 1.82) is 0 Å². The van der Waals surface area contributed by atoms with E-state index in [2.05, 4.69) is 5.32 Å². The van der Waals surface area contributed by atoms with Gasteiger partial charge in [-0.3, -0.25) is 9.59 Å². The highest BCUT2D eigenvalue weighted by atomic mass is 35.5. The van der Waals surface area contributed by atoms with Crippen molar-refractivity contribution in [3.05, 3.63) is 33.8 Å². The van der Waals surface area contributed by atoms with Crippen molar-refractivity contribution >= 4 is 35.0 Å². The van der Waals surface area contributed by atoms with Crippen LogP contribution in [-0.4, -0.2) is 36.3 Å². The first-order chi connectivity index (χ1) is 8.99. The number of hydrogen-bond acceptors (Lipinski definition) is 2. The zero-order chi connectivity index (χ0) is 14.4. The van der Waals surface area contributed by atoms with Crippen LogP contribution < -0.4 is 5.32 Å². The van der Waals surface area contributed by atoms with E-state index in [4.69, 9.17) is 23.2 Å². The van der Waals surface area contributed by atoms with E-state index in [0.717, 1.165) is 0 Å². The fraction of sp³-hybridized carbons (Fsp3) is 0.385. The van der Waals surface area contributed by atoms with Crippen LogP contribution >= 0.6 is 23.2 Å². The molecule has 19 heavy (non-hydrogen) atoms. The van der Waals surface area contributed by atoms with Crippen molar-refractivity contribution < 1.29 is 9.59 Å². The van der Waals surface area contributed by atoms with E-state index in [1.165, 1.54) is 11.0 Å². The molecule has 1 rings (SSSR count). The minimum Gasteiger partial charge on any atom is -0.355 e. The fourth-order valence-electron chi connectivity index (χ4n) is 1.59. The van der Waals surface area contributed by atoms with Crippen molar-refractivity contribution in [2.75, 3.05) is 19.6 Å². The Morgan fingerprint density at radius 2 is 1.95 bits per heavy atom. The SMILES string of the molecule is CCNC(=O)CN(CC)C(=O)c1cc(Cl)ccc1Cl. The second kappa shape index (κ2) is 7.36. The summed E-state index contributed by atoms with van der Waals surface area (Å²) in [6, 6.07) is 4.68. The van der Waals surface area contributed by atoms with Crippen LogP contribution in [0.1, 0.15) is 24.2 Å². The molecule has 0 spiro atoms. The van der Waals surface area contributed by atoms with Gasteiger partial charge in [0.15, 0.2) is 0 Å². The molecule has 0 aromatic heterocycles. The number of likely N-dealkylation sites (N-methyl/N-ethyl adjacent to an activating group) is 2. The largest absolute Gasteiger partial charge is 0.355 e. The van der Waals surface area contributed by atoms with Crippen molar-refractivity contribution in [1.82, 2.24) is 10.2 Å². The number of rotatable bonds is 5. The van der Waals surface area contributed by atoms with E-state index >= 15 is 0 Å². The number of hydrogen-bond donors (Lipinski definition) is 1. The minimum absolute atomic E-state index is 0.00597. The zero-order valence-corrected chi connectivity index (χ0v) is 12.4. The van der Waals surface area contributed by atoms with E-state index < -0.39 is 0 Å². The first kappa shape index (κ1) is 15.8. The van der Waals surface area contributed by atoms with Crippen LogP contribution in [0.4, 0.5) is 0 Å². The average Bonchev–Trinajstić information content (AvgIpc) is 2.38. The molecule has 0 radical (unpaired) electrons. The summed E-state index contributed by atoms with van der Waals surface area (Å²) >= 11 is 11.8. The number of nitrogens with one attached hydrogen (secondary N) is 1. The van der Waals surface area contributed by atoms with Crippen LogP contribution in [0, 0.1) is 0 Å². The molecule has 2 amide bonds. The quantitative estimate of drug-likeness (QED) is 0.909. The lowest BCUT2D eigenvalue weighted by Gasteiger charge is -2.20. The maximum absolute atomic E-state index is 12.3. The number of nitrogens with zero attached hydrogens (tertiary/aromatic N) is 1. The van der Waals surface area contributed by atoms with Gasteiger partial charge in [0.1, 0.15) is 0 Å². The molecular formula is C13H16Cl2N2O2. The van der Waals surface area contributed by atoms with Gasteiger partial charge in [-0.1, -0.05) is 23.2 Å².